The van der Waals surface area contributed by atoms with Gasteiger partial charge < -0.3 is 5.32 Å². The SMILES string of the molecule is CSc1cccc(NC(C)c2ccc(C)c([N+](=O)[O-])c2)c1. The van der Waals surface area contributed by atoms with Gasteiger partial charge in [0.2, 0.25) is 0 Å². The number of aryl methyl sites for hydroxylation is 1. The summed E-state index contributed by atoms with van der Waals surface area (Å²) < 4.78 is 0. The maximum Gasteiger partial charge on any atom is 0.272 e. The lowest BCUT2D eigenvalue weighted by Crippen LogP contribution is -2.07. The second kappa shape index (κ2) is 6.63. The fraction of sp³-hybridized carbons (Fsp3) is 0.250. The highest BCUT2D eigenvalue weighted by Gasteiger charge is 2.14. The first-order chi connectivity index (χ1) is 10.0. The molecule has 0 spiro atoms. The highest BCUT2D eigenvalue weighted by molar-refractivity contribution is 7.98. The normalized spacial score (nSPS) is 12.0. The van der Waals surface area contributed by atoms with E-state index in [0.29, 0.717) is 5.56 Å². The Labute approximate surface area is 128 Å². The number of thioether (sulfide) groups is 1. The third kappa shape index (κ3) is 3.76. The number of anilines is 1. The van der Waals surface area contributed by atoms with Gasteiger partial charge in [0, 0.05) is 28.3 Å². The average Bonchev–Trinajstić information content (AvgIpc) is 2.47. The molecular formula is C16H18N2O2S. The minimum atomic E-state index is -0.333. The molecule has 0 bridgehead atoms. The van der Waals surface area contributed by atoms with Gasteiger partial charge in [0.05, 0.1) is 4.92 Å². The Morgan fingerprint density at radius 2 is 2.00 bits per heavy atom. The van der Waals surface area contributed by atoms with Gasteiger partial charge in [0.25, 0.3) is 5.69 Å². The molecule has 5 heteroatoms. The number of hydrogen-bond acceptors (Lipinski definition) is 4. The molecule has 110 valence electrons. The van der Waals surface area contributed by atoms with Crippen molar-refractivity contribution in [3.8, 4) is 0 Å². The molecule has 2 aromatic carbocycles. The second-order valence-electron chi connectivity index (χ2n) is 4.90. The van der Waals surface area contributed by atoms with Crippen LogP contribution in [0, 0.1) is 17.0 Å². The van der Waals surface area contributed by atoms with Crippen LogP contribution < -0.4 is 5.32 Å². The van der Waals surface area contributed by atoms with E-state index in [4.69, 9.17) is 0 Å². The molecule has 1 atom stereocenters. The molecule has 1 N–H and O–H groups in total. The van der Waals surface area contributed by atoms with Crippen LogP contribution in [-0.4, -0.2) is 11.2 Å². The second-order valence-corrected chi connectivity index (χ2v) is 5.78. The predicted octanol–water partition coefficient (Wildman–Crippen LogP) is 4.80. The molecule has 0 saturated carbocycles. The van der Waals surface area contributed by atoms with Crippen molar-refractivity contribution in [3.63, 3.8) is 0 Å². The zero-order valence-corrected chi connectivity index (χ0v) is 13.1. The van der Waals surface area contributed by atoms with E-state index in [1.807, 2.05) is 31.4 Å². The number of hydrogen-bond donors (Lipinski definition) is 1. The van der Waals surface area contributed by atoms with E-state index in [-0.39, 0.29) is 16.7 Å². The van der Waals surface area contributed by atoms with E-state index < -0.39 is 0 Å². The minimum absolute atomic E-state index is 0.00130. The lowest BCUT2D eigenvalue weighted by Gasteiger charge is -2.16. The lowest BCUT2D eigenvalue weighted by molar-refractivity contribution is -0.385. The van der Waals surface area contributed by atoms with Gasteiger partial charge in [-0.3, -0.25) is 10.1 Å². The molecule has 0 radical (unpaired) electrons. The molecule has 0 fully saturated rings. The van der Waals surface area contributed by atoms with Gasteiger partial charge in [0.15, 0.2) is 0 Å². The van der Waals surface area contributed by atoms with Gasteiger partial charge in [0.1, 0.15) is 0 Å². The summed E-state index contributed by atoms with van der Waals surface area (Å²) in [7, 11) is 0. The summed E-state index contributed by atoms with van der Waals surface area (Å²) in [5.41, 5.74) is 2.76. The van der Waals surface area contributed by atoms with Crippen molar-refractivity contribution < 1.29 is 4.92 Å². The number of nitrogens with zero attached hydrogens (tertiary/aromatic N) is 1. The molecular weight excluding hydrogens is 284 g/mol. The van der Waals surface area contributed by atoms with Crippen molar-refractivity contribution in [2.75, 3.05) is 11.6 Å². The molecule has 1 unspecified atom stereocenters. The van der Waals surface area contributed by atoms with E-state index in [2.05, 4.69) is 17.4 Å². The first-order valence-electron chi connectivity index (χ1n) is 6.67. The number of benzene rings is 2. The van der Waals surface area contributed by atoms with Crippen LogP contribution in [0.15, 0.2) is 47.4 Å². The Morgan fingerprint density at radius 3 is 2.67 bits per heavy atom. The van der Waals surface area contributed by atoms with E-state index in [0.717, 1.165) is 11.3 Å². The molecule has 2 aromatic rings. The van der Waals surface area contributed by atoms with Crippen molar-refractivity contribution >= 4 is 23.1 Å². The Bertz CT molecular complexity index is 658. The zero-order valence-electron chi connectivity index (χ0n) is 12.3. The van der Waals surface area contributed by atoms with Crippen LogP contribution in [0.1, 0.15) is 24.1 Å². The minimum Gasteiger partial charge on any atom is -0.378 e. The number of rotatable bonds is 5. The van der Waals surface area contributed by atoms with Gasteiger partial charge in [-0.15, -0.1) is 11.8 Å². The zero-order chi connectivity index (χ0) is 15.4. The summed E-state index contributed by atoms with van der Waals surface area (Å²) in [6.45, 7) is 3.75. The maximum atomic E-state index is 11.0. The van der Waals surface area contributed by atoms with Crippen LogP contribution in [0.2, 0.25) is 0 Å². The van der Waals surface area contributed by atoms with E-state index in [9.17, 15) is 10.1 Å². The Morgan fingerprint density at radius 1 is 1.24 bits per heavy atom. The predicted molar refractivity (Wildman–Crippen MR) is 88.1 cm³/mol. The van der Waals surface area contributed by atoms with E-state index >= 15 is 0 Å². The summed E-state index contributed by atoms with van der Waals surface area (Å²) in [5.74, 6) is 0. The van der Waals surface area contributed by atoms with Crippen molar-refractivity contribution in [2.24, 2.45) is 0 Å². The Hall–Kier alpha value is -2.01. The molecule has 0 amide bonds. The molecule has 21 heavy (non-hydrogen) atoms. The summed E-state index contributed by atoms with van der Waals surface area (Å²) in [5, 5.41) is 14.4. The molecule has 2 rings (SSSR count). The summed E-state index contributed by atoms with van der Waals surface area (Å²) in [6, 6.07) is 13.5. The highest BCUT2D eigenvalue weighted by Crippen LogP contribution is 2.27. The first-order valence-corrected chi connectivity index (χ1v) is 7.89. The highest BCUT2D eigenvalue weighted by atomic mass is 32.2. The van der Waals surface area contributed by atoms with Crippen LogP contribution in [0.3, 0.4) is 0 Å². The summed E-state index contributed by atoms with van der Waals surface area (Å²) in [4.78, 5) is 11.9. The molecule has 0 saturated heterocycles. The van der Waals surface area contributed by atoms with Crippen molar-refractivity contribution in [1.82, 2.24) is 0 Å². The van der Waals surface area contributed by atoms with Crippen molar-refractivity contribution in [1.29, 1.82) is 0 Å². The Balaban J connectivity index is 2.21. The number of nitro groups is 1. The smallest absolute Gasteiger partial charge is 0.272 e. The van der Waals surface area contributed by atoms with Crippen LogP contribution in [0.5, 0.6) is 0 Å². The van der Waals surface area contributed by atoms with Crippen molar-refractivity contribution in [3.05, 3.63) is 63.7 Å². The van der Waals surface area contributed by atoms with Crippen LogP contribution >= 0.6 is 11.8 Å². The van der Waals surface area contributed by atoms with Gasteiger partial charge in [-0.25, -0.2) is 0 Å². The van der Waals surface area contributed by atoms with E-state index in [1.165, 1.54) is 4.90 Å². The van der Waals surface area contributed by atoms with Crippen LogP contribution in [0.25, 0.3) is 0 Å². The van der Waals surface area contributed by atoms with Gasteiger partial charge >= 0.3 is 0 Å². The number of nitro benzene ring substituents is 1. The molecule has 0 aliphatic heterocycles. The quantitative estimate of drug-likeness (QED) is 0.490. The van der Waals surface area contributed by atoms with Crippen LogP contribution in [0.4, 0.5) is 11.4 Å². The first kappa shape index (κ1) is 15.4. The largest absolute Gasteiger partial charge is 0.378 e. The third-order valence-corrected chi connectivity index (χ3v) is 4.11. The average molecular weight is 302 g/mol. The van der Waals surface area contributed by atoms with Gasteiger partial charge in [-0.05, 0) is 43.9 Å². The van der Waals surface area contributed by atoms with Crippen molar-refractivity contribution in [2.45, 2.75) is 24.8 Å². The molecule has 0 heterocycles. The van der Waals surface area contributed by atoms with Crippen LogP contribution in [-0.2, 0) is 0 Å². The summed E-state index contributed by atoms with van der Waals surface area (Å²) in [6.07, 6.45) is 2.03. The standard InChI is InChI=1S/C16H18N2O2S/c1-11-7-8-13(9-16(11)18(19)20)12(2)17-14-5-4-6-15(10-14)21-3/h4-10,12,17H,1-3H3. The molecule has 0 aromatic heterocycles. The molecule has 4 nitrogen and oxygen atoms in total. The maximum absolute atomic E-state index is 11.0. The lowest BCUT2D eigenvalue weighted by atomic mass is 10.0. The Kier molecular flexibility index (Phi) is 4.85. The van der Waals surface area contributed by atoms with Gasteiger partial charge in [-0.1, -0.05) is 18.2 Å². The van der Waals surface area contributed by atoms with E-state index in [1.54, 1.807) is 30.8 Å². The number of nitrogens with one attached hydrogen (secondary N) is 1. The summed E-state index contributed by atoms with van der Waals surface area (Å²) >= 11 is 1.68. The monoisotopic (exact) mass is 302 g/mol. The van der Waals surface area contributed by atoms with Gasteiger partial charge in [-0.2, -0.15) is 0 Å². The fourth-order valence-electron chi connectivity index (χ4n) is 2.14. The third-order valence-electron chi connectivity index (χ3n) is 3.38. The fourth-order valence-corrected chi connectivity index (χ4v) is 2.60. The molecule has 0 aliphatic carbocycles. The molecule has 0 aliphatic rings. The topological polar surface area (TPSA) is 55.2 Å².